The summed E-state index contributed by atoms with van der Waals surface area (Å²) in [7, 11) is 0. The average Bonchev–Trinajstić information content (AvgIpc) is 1.80. The maximum Gasteiger partial charge on any atom is 0.410 e. The van der Waals surface area contributed by atoms with Gasteiger partial charge >= 0.3 is 6.09 Å². The van der Waals surface area contributed by atoms with Gasteiger partial charge in [-0.15, -0.1) is 0 Å². The fourth-order valence-corrected chi connectivity index (χ4v) is 1.05. The fraction of sp³-hybridized carbons (Fsp3) is 0.778. The Morgan fingerprint density at radius 1 is 1.54 bits per heavy atom. The number of carbonyl (C=O) groups is 1. The summed E-state index contributed by atoms with van der Waals surface area (Å²) < 4.78 is 5.08. The summed E-state index contributed by atoms with van der Waals surface area (Å²) in [6, 6.07) is -0.394. The summed E-state index contributed by atoms with van der Waals surface area (Å²) in [4.78, 5) is 23.0. The summed E-state index contributed by atoms with van der Waals surface area (Å²) in [5.41, 5.74) is -0.500. The zero-order chi connectivity index (χ0) is 10.1. The van der Waals surface area contributed by atoms with Crippen molar-refractivity contribution in [3.63, 3.8) is 0 Å². The van der Waals surface area contributed by atoms with E-state index in [2.05, 4.69) is 0 Å². The van der Waals surface area contributed by atoms with Crippen molar-refractivity contribution < 1.29 is 14.3 Å². The van der Waals surface area contributed by atoms with E-state index in [1.54, 1.807) is 27.1 Å². The van der Waals surface area contributed by atoms with Crippen LogP contribution in [0.15, 0.2) is 0 Å². The average molecular weight is 184 g/mol. The molecule has 1 aliphatic rings. The van der Waals surface area contributed by atoms with Crippen LogP contribution in [0.1, 0.15) is 27.2 Å². The lowest BCUT2D eigenvalue weighted by molar-refractivity contribution is 0.00522. The van der Waals surface area contributed by atoms with E-state index < -0.39 is 17.7 Å². The highest BCUT2D eigenvalue weighted by Crippen LogP contribution is 2.19. The zero-order valence-electron chi connectivity index (χ0n) is 8.16. The van der Waals surface area contributed by atoms with Crippen LogP contribution in [0, 0.1) is 0 Å². The van der Waals surface area contributed by atoms with Crippen LogP contribution in [0.5, 0.6) is 0 Å². The minimum absolute atomic E-state index is 0.394. The van der Waals surface area contributed by atoms with Crippen molar-refractivity contribution in [2.75, 3.05) is 6.54 Å². The lowest BCUT2D eigenvalue weighted by atomic mass is 10.1. The van der Waals surface area contributed by atoms with E-state index in [4.69, 9.17) is 4.74 Å². The van der Waals surface area contributed by atoms with Crippen LogP contribution < -0.4 is 0 Å². The van der Waals surface area contributed by atoms with Gasteiger partial charge in [0.15, 0.2) is 0 Å². The van der Waals surface area contributed by atoms with Gasteiger partial charge < -0.3 is 4.74 Å². The lowest BCUT2D eigenvalue weighted by Gasteiger charge is -2.37. The third-order valence-electron chi connectivity index (χ3n) is 1.78. The first-order chi connectivity index (χ1) is 5.94. The molecule has 1 aliphatic heterocycles. The molecule has 0 spiro atoms. The SMILES string of the molecule is CC(C)(C)OC(=O)N1CCC1[C]=O. The van der Waals surface area contributed by atoms with Crippen molar-refractivity contribution in [3.05, 3.63) is 0 Å². The Morgan fingerprint density at radius 3 is 2.46 bits per heavy atom. The van der Waals surface area contributed by atoms with E-state index >= 15 is 0 Å². The third-order valence-corrected chi connectivity index (χ3v) is 1.78. The number of hydrogen-bond acceptors (Lipinski definition) is 3. The van der Waals surface area contributed by atoms with Gasteiger partial charge in [-0.1, -0.05) is 0 Å². The number of rotatable bonds is 1. The molecule has 73 valence electrons. The largest absolute Gasteiger partial charge is 0.444 e. The zero-order valence-corrected chi connectivity index (χ0v) is 8.16. The van der Waals surface area contributed by atoms with Gasteiger partial charge in [0.05, 0.1) is 0 Å². The molecule has 1 rings (SSSR count). The third kappa shape index (κ3) is 2.44. The summed E-state index contributed by atoms with van der Waals surface area (Å²) >= 11 is 0. The van der Waals surface area contributed by atoms with E-state index in [9.17, 15) is 9.59 Å². The highest BCUT2D eigenvalue weighted by Gasteiger charge is 2.35. The molecule has 0 aliphatic carbocycles. The molecular formula is C9H14NO3. The molecule has 4 heteroatoms. The first kappa shape index (κ1) is 10.0. The highest BCUT2D eigenvalue weighted by molar-refractivity contribution is 5.75. The minimum Gasteiger partial charge on any atom is -0.444 e. The number of carbonyl (C=O) groups excluding carboxylic acids is 2. The smallest absolute Gasteiger partial charge is 0.410 e. The van der Waals surface area contributed by atoms with Crippen LogP contribution in [0.3, 0.4) is 0 Å². The van der Waals surface area contributed by atoms with E-state index in [1.165, 1.54) is 4.90 Å². The summed E-state index contributed by atoms with van der Waals surface area (Å²) in [5.74, 6) is 0. The first-order valence-electron chi connectivity index (χ1n) is 4.31. The Hall–Kier alpha value is -1.06. The molecule has 13 heavy (non-hydrogen) atoms. The Bertz CT molecular complexity index is 219. The van der Waals surface area contributed by atoms with Crippen molar-refractivity contribution in [2.45, 2.75) is 38.8 Å². The Balaban J connectivity index is 2.45. The predicted molar refractivity (Wildman–Crippen MR) is 47.0 cm³/mol. The highest BCUT2D eigenvalue weighted by atomic mass is 16.6. The normalized spacial score (nSPS) is 22.1. The quantitative estimate of drug-likeness (QED) is 0.613. The van der Waals surface area contributed by atoms with Gasteiger partial charge in [-0.05, 0) is 27.2 Å². The standard InChI is InChI=1S/C9H14NO3/c1-9(2,3)13-8(12)10-5-4-7(10)6-11/h7H,4-5H2,1-3H3. The number of likely N-dealkylation sites (tertiary alicyclic amines) is 1. The number of amides is 1. The van der Waals surface area contributed by atoms with Crippen LogP contribution in [-0.4, -0.2) is 35.5 Å². The van der Waals surface area contributed by atoms with Crippen LogP contribution in [0.2, 0.25) is 0 Å². The summed E-state index contributed by atoms with van der Waals surface area (Å²) in [6.07, 6.45) is 2.07. The molecular weight excluding hydrogens is 170 g/mol. The van der Waals surface area contributed by atoms with Gasteiger partial charge in [-0.25, -0.2) is 4.79 Å². The van der Waals surface area contributed by atoms with Gasteiger partial charge in [-0.2, -0.15) is 0 Å². The summed E-state index contributed by atoms with van der Waals surface area (Å²) in [6.45, 7) is 5.98. The molecule has 0 bridgehead atoms. The van der Waals surface area contributed by atoms with Crippen molar-refractivity contribution >= 4 is 12.4 Å². The molecule has 1 atom stereocenters. The van der Waals surface area contributed by atoms with E-state index in [-0.39, 0.29) is 0 Å². The topological polar surface area (TPSA) is 46.6 Å². The van der Waals surface area contributed by atoms with Crippen LogP contribution in [-0.2, 0) is 9.53 Å². The van der Waals surface area contributed by atoms with Crippen LogP contribution in [0.25, 0.3) is 0 Å². The first-order valence-corrected chi connectivity index (χ1v) is 4.31. The molecule has 4 nitrogen and oxygen atoms in total. The van der Waals surface area contributed by atoms with Gasteiger partial charge in [0.25, 0.3) is 0 Å². The van der Waals surface area contributed by atoms with Crippen LogP contribution in [0.4, 0.5) is 4.79 Å². The molecule has 1 heterocycles. The monoisotopic (exact) mass is 184 g/mol. The van der Waals surface area contributed by atoms with E-state index in [0.29, 0.717) is 13.0 Å². The Morgan fingerprint density at radius 2 is 2.15 bits per heavy atom. The van der Waals surface area contributed by atoms with E-state index in [0.717, 1.165) is 0 Å². The molecule has 1 radical (unpaired) electrons. The molecule has 1 fully saturated rings. The van der Waals surface area contributed by atoms with Crippen molar-refractivity contribution in [1.82, 2.24) is 4.90 Å². The molecule has 0 N–H and O–H groups in total. The molecule has 0 aromatic carbocycles. The fourth-order valence-electron chi connectivity index (χ4n) is 1.05. The van der Waals surface area contributed by atoms with Crippen molar-refractivity contribution in [1.29, 1.82) is 0 Å². The molecule has 1 saturated heterocycles. The molecule has 1 amide bonds. The second kappa shape index (κ2) is 3.36. The van der Waals surface area contributed by atoms with Crippen molar-refractivity contribution in [2.24, 2.45) is 0 Å². The summed E-state index contributed by atoms with van der Waals surface area (Å²) in [5, 5.41) is 0. The van der Waals surface area contributed by atoms with Gasteiger partial charge in [-0.3, -0.25) is 9.69 Å². The number of nitrogens with zero attached hydrogens (tertiary/aromatic N) is 1. The molecule has 0 aromatic rings. The minimum atomic E-state index is -0.500. The van der Waals surface area contributed by atoms with Crippen LogP contribution >= 0.6 is 0 Å². The molecule has 1 unspecified atom stereocenters. The second-order valence-electron chi connectivity index (χ2n) is 4.10. The Labute approximate surface area is 77.8 Å². The second-order valence-corrected chi connectivity index (χ2v) is 4.10. The number of hydrogen-bond donors (Lipinski definition) is 0. The van der Waals surface area contributed by atoms with Crippen molar-refractivity contribution in [3.8, 4) is 0 Å². The molecule has 0 aromatic heterocycles. The lowest BCUT2D eigenvalue weighted by Crippen LogP contribution is -2.53. The molecule has 0 saturated carbocycles. The van der Waals surface area contributed by atoms with Gasteiger partial charge in [0, 0.05) is 6.54 Å². The maximum atomic E-state index is 11.3. The Kier molecular flexibility index (Phi) is 2.59. The van der Waals surface area contributed by atoms with Gasteiger partial charge in [0.2, 0.25) is 6.29 Å². The maximum absolute atomic E-state index is 11.3. The van der Waals surface area contributed by atoms with E-state index in [1.807, 2.05) is 0 Å². The number of ether oxygens (including phenoxy) is 1. The predicted octanol–water partition coefficient (Wildman–Crippen LogP) is 1.11. The van der Waals surface area contributed by atoms with Gasteiger partial charge in [0.1, 0.15) is 11.6 Å².